The number of aryl methyl sites for hydroxylation is 1. The Hall–Kier alpha value is -4.53. The van der Waals surface area contributed by atoms with Gasteiger partial charge in [0.2, 0.25) is 5.88 Å². The highest BCUT2D eigenvalue weighted by molar-refractivity contribution is 6.06. The second kappa shape index (κ2) is 9.31. The Labute approximate surface area is 189 Å². The zero-order chi connectivity index (χ0) is 23.4. The maximum atomic E-state index is 12.7. The number of benzene rings is 2. The molecule has 0 saturated carbocycles. The minimum absolute atomic E-state index is 0.00595. The fraction of sp³-hybridized carbons (Fsp3) is 0.125. The van der Waals surface area contributed by atoms with E-state index in [1.165, 1.54) is 25.1 Å². The third kappa shape index (κ3) is 4.42. The van der Waals surface area contributed by atoms with Crippen LogP contribution in [0.15, 0.2) is 67.0 Å². The lowest BCUT2D eigenvalue weighted by molar-refractivity contribution is 0.0549. The highest BCUT2D eigenvalue weighted by Gasteiger charge is 2.31. The molecule has 2 aromatic heterocycles. The molecule has 0 amide bonds. The first kappa shape index (κ1) is 21.7. The van der Waals surface area contributed by atoms with E-state index in [0.717, 1.165) is 5.69 Å². The Morgan fingerprint density at radius 1 is 0.879 bits per heavy atom. The molecule has 0 atom stereocenters. The number of carbonyl (C=O) groups excluding carboxylic acids is 2. The molecule has 0 bridgehead atoms. The van der Waals surface area contributed by atoms with Crippen LogP contribution in [0.1, 0.15) is 26.5 Å². The van der Waals surface area contributed by atoms with Gasteiger partial charge in [-0.25, -0.2) is 19.3 Å². The molecule has 2 aromatic carbocycles. The third-order valence-electron chi connectivity index (χ3n) is 4.74. The molecule has 0 radical (unpaired) electrons. The van der Waals surface area contributed by atoms with E-state index in [-0.39, 0.29) is 17.0 Å². The molecule has 4 rings (SSSR count). The summed E-state index contributed by atoms with van der Waals surface area (Å²) in [5, 5.41) is 4.57. The SMILES string of the molecule is COC(=O)c1c(-c2ccc(Oc3cncc(C)n3)cc2)nn(-c2ccccc2)c1C(=O)OC. The summed E-state index contributed by atoms with van der Waals surface area (Å²) in [4.78, 5) is 33.7. The number of nitrogens with zero attached hydrogens (tertiary/aromatic N) is 4. The summed E-state index contributed by atoms with van der Waals surface area (Å²) in [5.41, 5.74) is 2.15. The number of aromatic nitrogens is 4. The van der Waals surface area contributed by atoms with Gasteiger partial charge in [-0.2, -0.15) is 5.10 Å². The van der Waals surface area contributed by atoms with Crippen molar-refractivity contribution in [3.8, 4) is 28.6 Å². The number of hydrogen-bond acceptors (Lipinski definition) is 8. The fourth-order valence-electron chi connectivity index (χ4n) is 3.25. The van der Waals surface area contributed by atoms with Crippen molar-refractivity contribution in [3.63, 3.8) is 0 Å². The van der Waals surface area contributed by atoms with Gasteiger partial charge >= 0.3 is 11.9 Å². The van der Waals surface area contributed by atoms with Crippen molar-refractivity contribution in [1.29, 1.82) is 0 Å². The molecular weight excluding hydrogens is 424 g/mol. The van der Waals surface area contributed by atoms with E-state index >= 15 is 0 Å². The van der Waals surface area contributed by atoms with Crippen molar-refractivity contribution in [2.45, 2.75) is 6.92 Å². The van der Waals surface area contributed by atoms with Crippen LogP contribution in [0, 0.1) is 6.92 Å². The minimum atomic E-state index is -0.712. The topological polar surface area (TPSA) is 105 Å². The molecular formula is C24H20N4O5. The minimum Gasteiger partial charge on any atom is -0.465 e. The van der Waals surface area contributed by atoms with Crippen molar-refractivity contribution < 1.29 is 23.8 Å². The molecule has 9 heteroatoms. The van der Waals surface area contributed by atoms with Crippen LogP contribution < -0.4 is 4.74 Å². The van der Waals surface area contributed by atoms with E-state index in [9.17, 15) is 9.59 Å². The Bertz CT molecular complexity index is 1300. The maximum Gasteiger partial charge on any atom is 0.357 e. The van der Waals surface area contributed by atoms with Gasteiger partial charge in [-0.15, -0.1) is 0 Å². The number of methoxy groups -OCH3 is 2. The van der Waals surface area contributed by atoms with Gasteiger partial charge in [-0.05, 0) is 43.3 Å². The quantitative estimate of drug-likeness (QED) is 0.411. The standard InChI is InChI=1S/C24H20N4O5/c1-15-13-25-14-19(26-15)33-18-11-9-16(10-12-18)21-20(23(29)31-2)22(24(30)32-3)28(27-21)17-7-5-4-6-8-17/h4-14H,1-3H3. The van der Waals surface area contributed by atoms with Crippen molar-refractivity contribution in [3.05, 3.63) is 83.9 Å². The van der Waals surface area contributed by atoms with Crippen molar-refractivity contribution in [1.82, 2.24) is 19.7 Å². The van der Waals surface area contributed by atoms with Gasteiger partial charge in [0.05, 0.1) is 31.8 Å². The molecule has 0 N–H and O–H groups in total. The van der Waals surface area contributed by atoms with Crippen LogP contribution in [0.4, 0.5) is 0 Å². The lowest BCUT2D eigenvalue weighted by Crippen LogP contribution is -2.15. The summed E-state index contributed by atoms with van der Waals surface area (Å²) in [6, 6.07) is 15.8. The van der Waals surface area contributed by atoms with Crippen LogP contribution in [0.25, 0.3) is 16.9 Å². The van der Waals surface area contributed by atoms with Crippen LogP contribution in [0.2, 0.25) is 0 Å². The lowest BCUT2D eigenvalue weighted by atomic mass is 10.1. The van der Waals surface area contributed by atoms with Crippen LogP contribution in [0.5, 0.6) is 11.6 Å². The van der Waals surface area contributed by atoms with Crippen LogP contribution in [-0.2, 0) is 9.47 Å². The normalized spacial score (nSPS) is 10.5. The van der Waals surface area contributed by atoms with Crippen LogP contribution >= 0.6 is 0 Å². The summed E-state index contributed by atoms with van der Waals surface area (Å²) < 4.78 is 17.0. The summed E-state index contributed by atoms with van der Waals surface area (Å²) in [6.07, 6.45) is 3.15. The second-order valence-electron chi connectivity index (χ2n) is 6.93. The molecule has 0 aliphatic rings. The first-order chi connectivity index (χ1) is 16.0. The average Bonchev–Trinajstić information content (AvgIpc) is 3.25. The number of carbonyl (C=O) groups is 2. The number of rotatable bonds is 6. The predicted octanol–water partition coefficient (Wildman–Crippen LogP) is 4.00. The van der Waals surface area contributed by atoms with E-state index in [4.69, 9.17) is 14.2 Å². The van der Waals surface area contributed by atoms with Gasteiger partial charge < -0.3 is 14.2 Å². The van der Waals surface area contributed by atoms with Gasteiger partial charge in [0.15, 0.2) is 5.69 Å². The number of esters is 2. The maximum absolute atomic E-state index is 12.7. The molecule has 0 aliphatic carbocycles. The molecule has 4 aromatic rings. The highest BCUT2D eigenvalue weighted by Crippen LogP contribution is 2.31. The zero-order valence-corrected chi connectivity index (χ0v) is 18.2. The molecule has 33 heavy (non-hydrogen) atoms. The van der Waals surface area contributed by atoms with Gasteiger partial charge in [0, 0.05) is 11.8 Å². The van der Waals surface area contributed by atoms with E-state index in [1.807, 2.05) is 13.0 Å². The second-order valence-corrected chi connectivity index (χ2v) is 6.93. The Morgan fingerprint density at radius 3 is 2.21 bits per heavy atom. The van der Waals surface area contributed by atoms with Gasteiger partial charge in [0.1, 0.15) is 17.0 Å². The first-order valence-electron chi connectivity index (χ1n) is 9.94. The van der Waals surface area contributed by atoms with Crippen LogP contribution in [-0.4, -0.2) is 45.9 Å². The van der Waals surface area contributed by atoms with E-state index < -0.39 is 11.9 Å². The molecule has 0 fully saturated rings. The summed E-state index contributed by atoms with van der Waals surface area (Å²) >= 11 is 0. The summed E-state index contributed by atoms with van der Waals surface area (Å²) in [5.74, 6) is -0.535. The van der Waals surface area contributed by atoms with Gasteiger partial charge in [-0.1, -0.05) is 18.2 Å². The monoisotopic (exact) mass is 444 g/mol. The Balaban J connectivity index is 1.80. The Kier molecular flexibility index (Phi) is 6.12. The Morgan fingerprint density at radius 2 is 1.58 bits per heavy atom. The predicted molar refractivity (Wildman–Crippen MR) is 119 cm³/mol. The number of hydrogen-bond donors (Lipinski definition) is 0. The van der Waals surface area contributed by atoms with Crippen molar-refractivity contribution in [2.75, 3.05) is 14.2 Å². The smallest absolute Gasteiger partial charge is 0.357 e. The van der Waals surface area contributed by atoms with E-state index in [1.54, 1.807) is 54.7 Å². The first-order valence-corrected chi connectivity index (χ1v) is 9.94. The largest absolute Gasteiger partial charge is 0.465 e. The molecule has 0 spiro atoms. The molecule has 166 valence electrons. The van der Waals surface area contributed by atoms with E-state index in [2.05, 4.69) is 15.1 Å². The fourth-order valence-corrected chi connectivity index (χ4v) is 3.25. The zero-order valence-electron chi connectivity index (χ0n) is 18.2. The number of para-hydroxylation sites is 1. The van der Waals surface area contributed by atoms with Crippen molar-refractivity contribution in [2.24, 2.45) is 0 Å². The molecule has 0 saturated heterocycles. The molecule has 0 aliphatic heterocycles. The number of ether oxygens (including phenoxy) is 3. The van der Waals surface area contributed by atoms with Crippen LogP contribution in [0.3, 0.4) is 0 Å². The third-order valence-corrected chi connectivity index (χ3v) is 4.74. The van der Waals surface area contributed by atoms with Gasteiger partial charge in [-0.3, -0.25) is 4.98 Å². The molecule has 9 nitrogen and oxygen atoms in total. The molecule has 2 heterocycles. The van der Waals surface area contributed by atoms with E-state index in [0.29, 0.717) is 22.9 Å². The lowest BCUT2D eigenvalue weighted by Gasteiger charge is -2.07. The summed E-state index contributed by atoms with van der Waals surface area (Å²) in [7, 11) is 2.48. The van der Waals surface area contributed by atoms with Crippen molar-refractivity contribution >= 4 is 11.9 Å². The average molecular weight is 444 g/mol. The summed E-state index contributed by atoms with van der Waals surface area (Å²) in [6.45, 7) is 1.82. The van der Waals surface area contributed by atoms with Gasteiger partial charge in [0.25, 0.3) is 0 Å². The molecule has 0 unspecified atom stereocenters. The highest BCUT2D eigenvalue weighted by atomic mass is 16.5.